The number of carboxylic acid groups (broad SMARTS) is 2. The fourth-order valence-electron chi connectivity index (χ4n) is 3.92. The Kier molecular flexibility index (Phi) is 9.02. The van der Waals surface area contributed by atoms with Gasteiger partial charge >= 0.3 is 17.9 Å². The number of ether oxygens (including phenoxy) is 1. The van der Waals surface area contributed by atoms with Crippen molar-refractivity contribution in [2.45, 2.75) is 13.0 Å². The number of carboxylic acids is 2. The molecule has 0 aromatic heterocycles. The van der Waals surface area contributed by atoms with Crippen molar-refractivity contribution in [1.82, 2.24) is 0 Å². The molecule has 0 aliphatic heterocycles. The molecule has 0 aliphatic carbocycles. The highest BCUT2D eigenvalue weighted by Crippen LogP contribution is 2.23. The van der Waals surface area contributed by atoms with Gasteiger partial charge in [-0.05, 0) is 53.9 Å². The molecule has 0 heterocycles. The van der Waals surface area contributed by atoms with E-state index in [0.29, 0.717) is 12.2 Å². The van der Waals surface area contributed by atoms with Crippen LogP contribution in [-0.2, 0) is 17.9 Å². The third-order valence-corrected chi connectivity index (χ3v) is 6.03. The molecule has 0 saturated carbocycles. The molecule has 0 atom stereocenters. The van der Waals surface area contributed by atoms with Crippen LogP contribution in [-0.4, -0.2) is 38.0 Å². The second-order valence-corrected chi connectivity index (χ2v) is 8.90. The SMILES string of the molecule is O=C(O)c1ccc([N+](=O)[O-])cc1COOc1ccc(Cc2ccc(OC(=O)c3cc([N+](=O)[O-])ccc3C(=O)O)cc2)cc1. The van der Waals surface area contributed by atoms with Crippen molar-refractivity contribution < 1.29 is 49.0 Å². The maximum Gasteiger partial charge on any atom is 0.344 e. The molecule has 0 bridgehead atoms. The van der Waals surface area contributed by atoms with Crippen LogP contribution >= 0.6 is 0 Å². The number of esters is 1. The predicted octanol–water partition coefficient (Wildman–Crippen LogP) is 5.22. The van der Waals surface area contributed by atoms with Crippen LogP contribution in [0.5, 0.6) is 11.5 Å². The van der Waals surface area contributed by atoms with Gasteiger partial charge in [0.25, 0.3) is 11.4 Å². The third kappa shape index (κ3) is 7.53. The summed E-state index contributed by atoms with van der Waals surface area (Å²) in [5.74, 6) is -3.35. The fraction of sp³-hybridized carbons (Fsp3) is 0.0690. The summed E-state index contributed by atoms with van der Waals surface area (Å²) < 4.78 is 5.23. The lowest BCUT2D eigenvalue weighted by Gasteiger charge is -2.09. The number of carbonyl (C=O) groups is 3. The molecule has 43 heavy (non-hydrogen) atoms. The minimum atomic E-state index is -1.44. The van der Waals surface area contributed by atoms with E-state index in [1.807, 2.05) is 0 Å². The van der Waals surface area contributed by atoms with Crippen molar-refractivity contribution in [2.75, 3.05) is 0 Å². The number of hydrogen-bond donors (Lipinski definition) is 2. The summed E-state index contributed by atoms with van der Waals surface area (Å²) in [6.07, 6.45) is 0.471. The Morgan fingerprint density at radius 2 is 1.16 bits per heavy atom. The molecule has 2 N–H and O–H groups in total. The van der Waals surface area contributed by atoms with Crippen LogP contribution in [0.25, 0.3) is 0 Å². The van der Waals surface area contributed by atoms with Gasteiger partial charge in [0.05, 0.1) is 26.5 Å². The summed E-state index contributed by atoms with van der Waals surface area (Å²) in [4.78, 5) is 66.4. The number of rotatable bonds is 12. The van der Waals surface area contributed by atoms with Gasteiger partial charge in [0.1, 0.15) is 12.4 Å². The van der Waals surface area contributed by atoms with E-state index < -0.39 is 44.6 Å². The summed E-state index contributed by atoms with van der Waals surface area (Å²) in [6, 6.07) is 19.2. The maximum atomic E-state index is 12.6. The van der Waals surface area contributed by atoms with E-state index in [-0.39, 0.29) is 29.2 Å². The molecule has 0 unspecified atom stereocenters. The summed E-state index contributed by atoms with van der Waals surface area (Å²) in [5, 5.41) is 40.6. The number of non-ortho nitro benzene ring substituents is 2. The molecule has 4 aromatic rings. The van der Waals surface area contributed by atoms with Crippen LogP contribution in [0, 0.1) is 20.2 Å². The van der Waals surface area contributed by atoms with Crippen molar-refractivity contribution in [3.8, 4) is 11.5 Å². The summed E-state index contributed by atoms with van der Waals surface area (Å²) in [7, 11) is 0. The first kappa shape index (κ1) is 29.8. The minimum Gasteiger partial charge on any atom is -0.478 e. The predicted molar refractivity (Wildman–Crippen MR) is 146 cm³/mol. The van der Waals surface area contributed by atoms with Gasteiger partial charge in [-0.2, -0.15) is 4.89 Å². The van der Waals surface area contributed by atoms with Gasteiger partial charge in [-0.15, -0.1) is 0 Å². The highest BCUT2D eigenvalue weighted by atomic mass is 17.2. The Hall–Kier alpha value is -6.15. The van der Waals surface area contributed by atoms with Gasteiger partial charge in [0.15, 0.2) is 5.75 Å². The van der Waals surface area contributed by atoms with E-state index in [4.69, 9.17) is 14.5 Å². The quantitative estimate of drug-likeness (QED) is 0.0718. The minimum absolute atomic E-state index is 0.0693. The number of hydrogen-bond acceptors (Lipinski definition) is 10. The van der Waals surface area contributed by atoms with Gasteiger partial charge in [-0.3, -0.25) is 20.2 Å². The average molecular weight is 588 g/mol. The zero-order valence-electron chi connectivity index (χ0n) is 21.9. The molecule has 0 fully saturated rings. The number of aromatic carboxylic acids is 2. The zero-order valence-corrected chi connectivity index (χ0v) is 21.9. The van der Waals surface area contributed by atoms with E-state index in [1.165, 1.54) is 12.1 Å². The maximum absolute atomic E-state index is 12.6. The van der Waals surface area contributed by atoms with Crippen molar-refractivity contribution in [1.29, 1.82) is 0 Å². The van der Waals surface area contributed by atoms with Crippen LogP contribution in [0.2, 0.25) is 0 Å². The largest absolute Gasteiger partial charge is 0.478 e. The number of nitrogens with zero attached hydrogens (tertiary/aromatic N) is 2. The zero-order chi connectivity index (χ0) is 31.1. The monoisotopic (exact) mass is 588 g/mol. The molecule has 0 spiro atoms. The number of nitro groups is 2. The first-order valence-electron chi connectivity index (χ1n) is 12.2. The number of benzene rings is 4. The summed E-state index contributed by atoms with van der Waals surface area (Å²) in [6.45, 7) is -0.346. The van der Waals surface area contributed by atoms with Crippen LogP contribution in [0.1, 0.15) is 47.8 Å². The summed E-state index contributed by atoms with van der Waals surface area (Å²) >= 11 is 0. The van der Waals surface area contributed by atoms with Gasteiger partial charge < -0.3 is 19.8 Å². The molecule has 218 valence electrons. The molecular formula is C29H20N2O12. The first-order chi connectivity index (χ1) is 20.5. The highest BCUT2D eigenvalue weighted by molar-refractivity contribution is 6.03. The Morgan fingerprint density at radius 3 is 1.70 bits per heavy atom. The van der Waals surface area contributed by atoms with Gasteiger partial charge in [0, 0.05) is 29.8 Å². The lowest BCUT2D eigenvalue weighted by atomic mass is 10.0. The van der Waals surface area contributed by atoms with Crippen LogP contribution < -0.4 is 9.62 Å². The lowest BCUT2D eigenvalue weighted by molar-refractivity contribution is -0.385. The van der Waals surface area contributed by atoms with Crippen molar-refractivity contribution in [3.63, 3.8) is 0 Å². The lowest BCUT2D eigenvalue weighted by Crippen LogP contribution is -2.14. The Labute approximate surface area is 241 Å². The van der Waals surface area contributed by atoms with Crippen LogP contribution in [0.4, 0.5) is 11.4 Å². The van der Waals surface area contributed by atoms with Crippen LogP contribution in [0.3, 0.4) is 0 Å². The van der Waals surface area contributed by atoms with E-state index >= 15 is 0 Å². The van der Waals surface area contributed by atoms with E-state index in [0.717, 1.165) is 47.5 Å². The standard InChI is InChI=1S/C29H20N2O12/c32-27(33)24-11-5-20(30(37)38)14-19(24)16-41-43-23-9-3-18(4-10-23)13-17-1-7-22(8-2-17)42-29(36)26-15-21(31(39)40)6-12-25(26)28(34)35/h1-12,14-15H,13,16H2,(H,32,33)(H,34,35). The Bertz CT molecular complexity index is 1720. The molecule has 14 nitrogen and oxygen atoms in total. The highest BCUT2D eigenvalue weighted by Gasteiger charge is 2.22. The van der Waals surface area contributed by atoms with Gasteiger partial charge in [-0.1, -0.05) is 24.3 Å². The molecule has 0 aliphatic rings. The first-order valence-corrected chi connectivity index (χ1v) is 12.2. The molecular weight excluding hydrogens is 568 g/mol. The number of carbonyl (C=O) groups excluding carboxylic acids is 1. The normalized spacial score (nSPS) is 10.5. The molecule has 0 radical (unpaired) electrons. The number of nitro benzene ring substituents is 2. The topological polar surface area (TPSA) is 206 Å². The second-order valence-electron chi connectivity index (χ2n) is 8.90. The molecule has 0 amide bonds. The van der Waals surface area contributed by atoms with Crippen molar-refractivity contribution >= 4 is 29.3 Å². The van der Waals surface area contributed by atoms with Gasteiger partial charge in [-0.25, -0.2) is 14.4 Å². The van der Waals surface area contributed by atoms with Crippen LogP contribution in [0.15, 0.2) is 84.9 Å². The van der Waals surface area contributed by atoms with Crippen molar-refractivity contribution in [2.24, 2.45) is 0 Å². The van der Waals surface area contributed by atoms with Gasteiger partial charge in [0.2, 0.25) is 0 Å². The third-order valence-electron chi connectivity index (χ3n) is 6.03. The fourth-order valence-corrected chi connectivity index (χ4v) is 3.92. The molecule has 4 aromatic carbocycles. The van der Waals surface area contributed by atoms with E-state index in [9.17, 15) is 44.8 Å². The Morgan fingerprint density at radius 1 is 0.651 bits per heavy atom. The van der Waals surface area contributed by atoms with E-state index in [2.05, 4.69) is 0 Å². The molecule has 0 saturated heterocycles. The Balaban J connectivity index is 1.34. The molecule has 4 rings (SSSR count). The van der Waals surface area contributed by atoms with Crippen molar-refractivity contribution in [3.05, 3.63) is 139 Å². The second kappa shape index (κ2) is 13.0. The average Bonchev–Trinajstić information content (AvgIpc) is 2.98. The molecule has 14 heteroatoms. The summed E-state index contributed by atoms with van der Waals surface area (Å²) in [5.41, 5.74) is -0.00774. The smallest absolute Gasteiger partial charge is 0.344 e. The van der Waals surface area contributed by atoms with E-state index in [1.54, 1.807) is 36.4 Å².